The van der Waals surface area contributed by atoms with Gasteiger partial charge in [-0.3, -0.25) is 0 Å². The van der Waals surface area contributed by atoms with Crippen LogP contribution >= 0.6 is 11.8 Å². The second-order valence-electron chi connectivity index (χ2n) is 11.4. The molecular weight excluding hydrogens is 619 g/mol. The van der Waals surface area contributed by atoms with Gasteiger partial charge in [-0.25, -0.2) is 18.1 Å². The van der Waals surface area contributed by atoms with Crippen molar-refractivity contribution in [3.8, 4) is 11.1 Å². The van der Waals surface area contributed by atoms with E-state index >= 15 is 0 Å². The van der Waals surface area contributed by atoms with E-state index in [0.717, 1.165) is 44.3 Å². The van der Waals surface area contributed by atoms with Crippen molar-refractivity contribution in [3.63, 3.8) is 0 Å². The van der Waals surface area contributed by atoms with Gasteiger partial charge in [0, 0.05) is 43.2 Å². The Morgan fingerprint density at radius 3 is 2.30 bits per heavy atom. The van der Waals surface area contributed by atoms with Crippen LogP contribution in [-0.4, -0.2) is 34.9 Å². The van der Waals surface area contributed by atoms with Gasteiger partial charge in [0.05, 0.1) is 23.7 Å². The summed E-state index contributed by atoms with van der Waals surface area (Å²) in [5, 5.41) is 10.5. The molecule has 10 heteroatoms. The third-order valence-electron chi connectivity index (χ3n) is 8.24. The molecule has 5 aromatic rings. The van der Waals surface area contributed by atoms with Crippen LogP contribution in [-0.2, 0) is 39.7 Å². The first-order valence-corrected chi connectivity index (χ1v) is 17.6. The van der Waals surface area contributed by atoms with Gasteiger partial charge in [0.15, 0.2) is 11.4 Å². The minimum atomic E-state index is -3.61. The predicted octanol–water partition coefficient (Wildman–Crippen LogP) is 6.64. The van der Waals surface area contributed by atoms with Crippen molar-refractivity contribution >= 4 is 21.8 Å². The molecule has 0 saturated carbocycles. The third kappa shape index (κ3) is 7.44. The Hall–Kier alpha value is -3.77. The molecule has 2 heterocycles. The molecule has 0 unspecified atom stereocenters. The monoisotopic (exact) mass is 655 g/mol. The highest BCUT2D eigenvalue weighted by atomic mass is 32.2. The number of aromatic nitrogens is 2. The zero-order valence-electron chi connectivity index (χ0n) is 25.7. The number of sulfonamides is 1. The number of aryl methyl sites for hydroxylation is 1. The van der Waals surface area contributed by atoms with Crippen molar-refractivity contribution in [1.29, 1.82) is 0 Å². The molecule has 238 valence electrons. The molecule has 8 nitrogen and oxygen atoms in total. The highest BCUT2D eigenvalue weighted by molar-refractivity contribution is 7.99. The largest absolute Gasteiger partial charge is 0.392 e. The minimum absolute atomic E-state index is 0.00538. The maximum absolute atomic E-state index is 12.7. The van der Waals surface area contributed by atoms with E-state index in [1.165, 1.54) is 0 Å². The normalized spacial score (nSPS) is 20.1. The summed E-state index contributed by atoms with van der Waals surface area (Å²) in [5.74, 6) is 0.793. The average Bonchev–Trinajstić information content (AvgIpc) is 3.52. The van der Waals surface area contributed by atoms with Crippen molar-refractivity contribution in [3.05, 3.63) is 138 Å². The van der Waals surface area contributed by atoms with Crippen LogP contribution in [0.3, 0.4) is 0 Å². The van der Waals surface area contributed by atoms with E-state index < -0.39 is 16.3 Å². The lowest BCUT2D eigenvalue weighted by atomic mass is 9.91. The first-order valence-electron chi connectivity index (χ1n) is 15.2. The van der Waals surface area contributed by atoms with Gasteiger partial charge in [-0.15, -0.1) is 0 Å². The highest BCUT2D eigenvalue weighted by Gasteiger charge is 2.38. The summed E-state index contributed by atoms with van der Waals surface area (Å²) < 4.78 is 43.3. The van der Waals surface area contributed by atoms with Crippen LogP contribution in [0.15, 0.2) is 126 Å². The second kappa shape index (κ2) is 14.3. The maximum Gasteiger partial charge on any atom is 0.240 e. The summed E-state index contributed by atoms with van der Waals surface area (Å²) in [6.07, 6.45) is 2.86. The van der Waals surface area contributed by atoms with Gasteiger partial charge in [0.25, 0.3) is 0 Å². The van der Waals surface area contributed by atoms with E-state index in [-0.39, 0.29) is 36.2 Å². The van der Waals surface area contributed by atoms with Gasteiger partial charge < -0.3 is 19.1 Å². The van der Waals surface area contributed by atoms with E-state index in [2.05, 4.69) is 16.6 Å². The Balaban J connectivity index is 1.19. The summed E-state index contributed by atoms with van der Waals surface area (Å²) in [6, 6.07) is 32.2. The molecule has 0 amide bonds. The van der Waals surface area contributed by atoms with E-state index in [1.54, 1.807) is 48.3 Å². The number of thioether (sulfide) groups is 1. The highest BCUT2D eigenvalue weighted by Crippen LogP contribution is 2.43. The van der Waals surface area contributed by atoms with Crippen LogP contribution in [0.25, 0.3) is 11.1 Å². The number of aliphatic hydroxyl groups is 1. The van der Waals surface area contributed by atoms with Gasteiger partial charge in [-0.1, -0.05) is 104 Å². The van der Waals surface area contributed by atoms with Crippen LogP contribution in [0.4, 0.5) is 0 Å². The van der Waals surface area contributed by atoms with Crippen molar-refractivity contribution in [2.24, 2.45) is 13.0 Å². The lowest BCUT2D eigenvalue weighted by Crippen LogP contribution is -2.38. The number of nitrogens with one attached hydrogen (secondary N) is 1. The number of hydrogen-bond donors (Lipinski definition) is 2. The molecule has 0 radical (unpaired) electrons. The van der Waals surface area contributed by atoms with Gasteiger partial charge >= 0.3 is 0 Å². The molecule has 6 rings (SSSR count). The Morgan fingerprint density at radius 1 is 0.870 bits per heavy atom. The topological polar surface area (TPSA) is 103 Å². The SMILES string of the molecule is C[C@H]1[C@@H](CSc2nccn2C)O[C@@H](c2ccc(-c3cccc(CNS(=O)(=O)c4ccccc4)c3)cc2)O[C@H]1c1ccc(CO)cc1. The van der Waals surface area contributed by atoms with Crippen LogP contribution in [0, 0.1) is 5.92 Å². The fourth-order valence-electron chi connectivity index (χ4n) is 5.51. The van der Waals surface area contributed by atoms with Gasteiger partial charge in [0.1, 0.15) is 0 Å². The molecule has 1 fully saturated rings. The van der Waals surface area contributed by atoms with Crippen molar-refractivity contribution < 1.29 is 23.0 Å². The Labute approximate surface area is 274 Å². The third-order valence-corrected chi connectivity index (χ3v) is 10.8. The summed E-state index contributed by atoms with van der Waals surface area (Å²) in [4.78, 5) is 4.70. The molecule has 2 N–H and O–H groups in total. The van der Waals surface area contributed by atoms with Crippen LogP contribution in [0.2, 0.25) is 0 Å². The number of imidazole rings is 1. The zero-order valence-corrected chi connectivity index (χ0v) is 27.3. The van der Waals surface area contributed by atoms with Crippen molar-refractivity contribution in [1.82, 2.24) is 14.3 Å². The fraction of sp³-hybridized carbons (Fsp3) is 0.250. The second-order valence-corrected chi connectivity index (χ2v) is 14.2. The zero-order chi connectivity index (χ0) is 32.1. The maximum atomic E-state index is 12.7. The summed E-state index contributed by atoms with van der Waals surface area (Å²) in [7, 11) is -1.62. The molecule has 0 aliphatic carbocycles. The Bertz CT molecular complexity index is 1850. The first-order chi connectivity index (χ1) is 22.3. The minimum Gasteiger partial charge on any atom is -0.392 e. The number of rotatable bonds is 11. The molecule has 4 aromatic carbocycles. The molecule has 1 saturated heterocycles. The average molecular weight is 656 g/mol. The standard InChI is InChI=1S/C36H37N3O5S2/c1-25-33(24-45-36-37-19-20-39(36)2)43-35(44-34(25)29-13-11-26(23-40)12-14-29)30-17-15-28(16-18-30)31-8-6-7-27(21-31)22-38-46(41,42)32-9-4-3-5-10-32/h3-21,25,33-35,38,40H,22-24H2,1-2H3/t25-,33+,34+,35+/m0/s1. The molecular formula is C36H37N3O5S2. The molecule has 0 spiro atoms. The first kappa shape index (κ1) is 32.2. The lowest BCUT2D eigenvalue weighted by molar-refractivity contribution is -0.268. The molecule has 1 aliphatic heterocycles. The predicted molar refractivity (Wildman–Crippen MR) is 179 cm³/mol. The fourth-order valence-corrected chi connectivity index (χ4v) is 7.65. The van der Waals surface area contributed by atoms with Gasteiger partial charge in [-0.05, 0) is 46.0 Å². The van der Waals surface area contributed by atoms with E-state index in [1.807, 2.05) is 90.6 Å². The summed E-state index contributed by atoms with van der Waals surface area (Å²) in [6.45, 7) is 2.33. The Kier molecular flexibility index (Phi) is 10.0. The van der Waals surface area contributed by atoms with Gasteiger partial charge in [0.2, 0.25) is 10.0 Å². The molecule has 0 bridgehead atoms. The number of nitrogens with zero attached hydrogens (tertiary/aromatic N) is 2. The quantitative estimate of drug-likeness (QED) is 0.154. The number of ether oxygens (including phenoxy) is 2. The number of benzene rings is 4. The molecule has 1 aromatic heterocycles. The number of hydrogen-bond acceptors (Lipinski definition) is 7. The summed E-state index contributed by atoms with van der Waals surface area (Å²) >= 11 is 1.67. The van der Waals surface area contributed by atoms with Crippen LogP contribution in [0.1, 0.15) is 41.6 Å². The molecule has 4 atom stereocenters. The molecule has 1 aliphatic rings. The van der Waals surface area contributed by atoms with Crippen molar-refractivity contribution in [2.45, 2.75) is 48.6 Å². The van der Waals surface area contributed by atoms with Gasteiger partial charge in [-0.2, -0.15) is 0 Å². The summed E-state index contributed by atoms with van der Waals surface area (Å²) in [5.41, 5.74) is 5.65. The lowest BCUT2D eigenvalue weighted by Gasteiger charge is -2.41. The van der Waals surface area contributed by atoms with E-state index in [0.29, 0.717) is 0 Å². The van der Waals surface area contributed by atoms with Crippen molar-refractivity contribution in [2.75, 3.05) is 5.75 Å². The number of aliphatic hydroxyl groups excluding tert-OH is 1. The smallest absolute Gasteiger partial charge is 0.240 e. The van der Waals surface area contributed by atoms with E-state index in [9.17, 15) is 13.5 Å². The Morgan fingerprint density at radius 2 is 1.61 bits per heavy atom. The van der Waals surface area contributed by atoms with E-state index in [4.69, 9.17) is 9.47 Å². The van der Waals surface area contributed by atoms with Crippen LogP contribution in [0.5, 0.6) is 0 Å². The van der Waals surface area contributed by atoms with Crippen LogP contribution < -0.4 is 4.72 Å². The molecule has 46 heavy (non-hydrogen) atoms.